The molecule has 4 aromatic rings. The van der Waals surface area contributed by atoms with Crippen molar-refractivity contribution < 1.29 is 8.91 Å². The summed E-state index contributed by atoms with van der Waals surface area (Å²) in [6, 6.07) is 20.2. The molecule has 1 unspecified atom stereocenters. The van der Waals surface area contributed by atoms with E-state index in [1.807, 2.05) is 30.3 Å². The van der Waals surface area contributed by atoms with Crippen LogP contribution in [0.15, 0.2) is 77.4 Å². The maximum atomic E-state index is 13.4. The zero-order chi connectivity index (χ0) is 19.3. The van der Waals surface area contributed by atoms with Gasteiger partial charge in [0.25, 0.3) is 5.89 Å². The highest BCUT2D eigenvalue weighted by molar-refractivity contribution is 5.60. The molecule has 28 heavy (non-hydrogen) atoms. The van der Waals surface area contributed by atoms with Gasteiger partial charge in [-0.3, -0.25) is 0 Å². The van der Waals surface area contributed by atoms with E-state index >= 15 is 0 Å². The quantitative estimate of drug-likeness (QED) is 0.505. The Morgan fingerprint density at radius 1 is 1.00 bits per heavy atom. The molecular weight excluding hydrogens is 355 g/mol. The van der Waals surface area contributed by atoms with Gasteiger partial charge in [0.05, 0.1) is 5.56 Å². The van der Waals surface area contributed by atoms with Crippen molar-refractivity contribution in [3.63, 3.8) is 0 Å². The van der Waals surface area contributed by atoms with Crippen LogP contribution in [0.2, 0.25) is 0 Å². The molecule has 0 saturated heterocycles. The van der Waals surface area contributed by atoms with Gasteiger partial charge in [-0.05, 0) is 35.7 Å². The lowest BCUT2D eigenvalue weighted by Gasteiger charge is -2.13. The monoisotopic (exact) mass is 374 g/mol. The van der Waals surface area contributed by atoms with Crippen molar-refractivity contribution in [1.82, 2.24) is 15.1 Å². The highest BCUT2D eigenvalue weighted by atomic mass is 19.1. The SMILES string of the molecule is CC(CNc1ccc(-c2nc(-c3cccc(F)c3)no2)cn1)c1ccccc1. The fourth-order valence-corrected chi connectivity index (χ4v) is 2.87. The Labute approximate surface area is 162 Å². The molecule has 0 aliphatic heterocycles. The molecule has 4 rings (SSSR count). The van der Waals surface area contributed by atoms with Crippen LogP contribution in [0.1, 0.15) is 18.4 Å². The molecule has 0 bridgehead atoms. The third kappa shape index (κ3) is 4.06. The van der Waals surface area contributed by atoms with Gasteiger partial charge in [-0.15, -0.1) is 0 Å². The second-order valence-electron chi connectivity index (χ2n) is 6.56. The smallest absolute Gasteiger partial charge is 0.259 e. The van der Waals surface area contributed by atoms with E-state index in [9.17, 15) is 4.39 Å². The molecule has 0 saturated carbocycles. The zero-order valence-corrected chi connectivity index (χ0v) is 15.3. The van der Waals surface area contributed by atoms with E-state index in [4.69, 9.17) is 4.52 Å². The Kier molecular flexibility index (Phi) is 5.10. The minimum absolute atomic E-state index is 0.341. The number of hydrogen-bond donors (Lipinski definition) is 1. The average Bonchev–Trinajstić information content (AvgIpc) is 3.23. The van der Waals surface area contributed by atoms with Gasteiger partial charge in [0.15, 0.2) is 0 Å². The molecule has 2 aromatic heterocycles. The molecule has 6 heteroatoms. The molecule has 5 nitrogen and oxygen atoms in total. The minimum atomic E-state index is -0.342. The molecule has 0 radical (unpaired) electrons. The topological polar surface area (TPSA) is 63.8 Å². The van der Waals surface area contributed by atoms with Crippen molar-refractivity contribution in [2.24, 2.45) is 0 Å². The lowest BCUT2D eigenvalue weighted by atomic mass is 10.0. The van der Waals surface area contributed by atoms with E-state index in [-0.39, 0.29) is 5.82 Å². The van der Waals surface area contributed by atoms with Crippen LogP contribution < -0.4 is 5.32 Å². The molecule has 140 valence electrons. The summed E-state index contributed by atoms with van der Waals surface area (Å²) in [6.07, 6.45) is 1.68. The van der Waals surface area contributed by atoms with Gasteiger partial charge in [-0.1, -0.05) is 54.5 Å². The highest BCUT2D eigenvalue weighted by Crippen LogP contribution is 2.23. The van der Waals surface area contributed by atoms with Gasteiger partial charge in [-0.25, -0.2) is 9.37 Å². The van der Waals surface area contributed by atoms with Crippen molar-refractivity contribution in [3.05, 3.63) is 84.3 Å². The third-order valence-electron chi connectivity index (χ3n) is 4.48. The Hall–Kier alpha value is -3.54. The largest absolute Gasteiger partial charge is 0.369 e. The molecule has 0 spiro atoms. The average molecular weight is 374 g/mol. The number of rotatable bonds is 6. The van der Waals surface area contributed by atoms with E-state index in [1.54, 1.807) is 18.3 Å². The summed E-state index contributed by atoms with van der Waals surface area (Å²) < 4.78 is 18.7. The van der Waals surface area contributed by atoms with Crippen LogP contribution in [0.5, 0.6) is 0 Å². The Bertz CT molecular complexity index is 1050. The minimum Gasteiger partial charge on any atom is -0.369 e. The fourth-order valence-electron chi connectivity index (χ4n) is 2.87. The van der Waals surface area contributed by atoms with Gasteiger partial charge in [0.1, 0.15) is 11.6 Å². The van der Waals surface area contributed by atoms with Crippen molar-refractivity contribution in [2.75, 3.05) is 11.9 Å². The van der Waals surface area contributed by atoms with Crippen LogP contribution in [0.25, 0.3) is 22.8 Å². The number of nitrogens with one attached hydrogen (secondary N) is 1. The molecule has 0 fully saturated rings. The Balaban J connectivity index is 1.42. The maximum Gasteiger partial charge on any atom is 0.259 e. The first-order chi connectivity index (χ1) is 13.7. The van der Waals surface area contributed by atoms with Gasteiger partial charge in [0.2, 0.25) is 5.82 Å². The summed E-state index contributed by atoms with van der Waals surface area (Å²) in [5, 5.41) is 7.26. The number of benzene rings is 2. The van der Waals surface area contributed by atoms with Crippen molar-refractivity contribution in [2.45, 2.75) is 12.8 Å². The molecule has 2 aromatic carbocycles. The van der Waals surface area contributed by atoms with Crippen LogP contribution in [0.3, 0.4) is 0 Å². The zero-order valence-electron chi connectivity index (χ0n) is 15.3. The summed E-state index contributed by atoms with van der Waals surface area (Å²) in [5.74, 6) is 1.49. The van der Waals surface area contributed by atoms with Gasteiger partial charge in [0, 0.05) is 18.3 Å². The van der Waals surface area contributed by atoms with E-state index in [2.05, 4.69) is 39.5 Å². The van der Waals surface area contributed by atoms with Crippen LogP contribution in [-0.2, 0) is 0 Å². The number of hydrogen-bond acceptors (Lipinski definition) is 5. The third-order valence-corrected chi connectivity index (χ3v) is 4.48. The Morgan fingerprint density at radius 2 is 1.86 bits per heavy atom. The standard InChI is InChI=1S/C22H19FN4O/c1-15(16-6-3-2-4-7-16)13-24-20-11-10-18(14-25-20)22-26-21(27-28-22)17-8-5-9-19(23)12-17/h2-12,14-15H,13H2,1H3,(H,24,25). The second-order valence-corrected chi connectivity index (χ2v) is 6.56. The first-order valence-electron chi connectivity index (χ1n) is 9.04. The molecule has 0 aliphatic rings. The summed E-state index contributed by atoms with van der Waals surface area (Å²) in [4.78, 5) is 8.75. The highest BCUT2D eigenvalue weighted by Gasteiger charge is 2.12. The van der Waals surface area contributed by atoms with Gasteiger partial charge < -0.3 is 9.84 Å². The van der Waals surface area contributed by atoms with Crippen molar-refractivity contribution in [1.29, 1.82) is 0 Å². The van der Waals surface area contributed by atoms with E-state index in [1.165, 1.54) is 17.7 Å². The summed E-state index contributed by atoms with van der Waals surface area (Å²) in [5.41, 5.74) is 2.55. The van der Waals surface area contributed by atoms with Crippen molar-refractivity contribution >= 4 is 5.82 Å². The second kappa shape index (κ2) is 8.00. The number of anilines is 1. The predicted molar refractivity (Wildman–Crippen MR) is 106 cm³/mol. The number of halogens is 1. The van der Waals surface area contributed by atoms with Gasteiger partial charge in [-0.2, -0.15) is 4.98 Å². The first kappa shape index (κ1) is 17.9. The van der Waals surface area contributed by atoms with Crippen LogP contribution in [0, 0.1) is 5.82 Å². The van der Waals surface area contributed by atoms with Crippen LogP contribution >= 0.6 is 0 Å². The van der Waals surface area contributed by atoms with Gasteiger partial charge >= 0.3 is 0 Å². The molecule has 0 amide bonds. The van der Waals surface area contributed by atoms with Crippen molar-refractivity contribution in [3.8, 4) is 22.8 Å². The number of aromatic nitrogens is 3. The summed E-state index contributed by atoms with van der Waals surface area (Å²) >= 11 is 0. The fraction of sp³-hybridized carbons (Fsp3) is 0.136. The molecule has 1 atom stereocenters. The molecular formula is C22H19FN4O. The first-order valence-corrected chi connectivity index (χ1v) is 9.04. The molecule has 1 N–H and O–H groups in total. The lowest BCUT2D eigenvalue weighted by Crippen LogP contribution is -2.10. The number of nitrogens with zero attached hydrogens (tertiary/aromatic N) is 3. The lowest BCUT2D eigenvalue weighted by molar-refractivity contribution is 0.432. The Morgan fingerprint density at radius 3 is 2.61 bits per heavy atom. The van der Waals surface area contributed by atoms with Crippen LogP contribution in [-0.4, -0.2) is 21.7 Å². The van der Waals surface area contributed by atoms with E-state index < -0.39 is 0 Å². The maximum absolute atomic E-state index is 13.4. The van der Waals surface area contributed by atoms with Crippen LogP contribution in [0.4, 0.5) is 10.2 Å². The normalized spacial score (nSPS) is 11.9. The number of pyridine rings is 1. The predicted octanol–water partition coefficient (Wildman–Crippen LogP) is 5.15. The van der Waals surface area contributed by atoms with E-state index in [0.29, 0.717) is 28.8 Å². The summed E-state index contributed by atoms with van der Waals surface area (Å²) in [6.45, 7) is 2.95. The van der Waals surface area contributed by atoms with E-state index in [0.717, 1.165) is 12.4 Å². The molecule has 0 aliphatic carbocycles. The molecule has 2 heterocycles. The summed E-state index contributed by atoms with van der Waals surface area (Å²) in [7, 11) is 0.